The fourth-order valence-electron chi connectivity index (χ4n) is 3.90. The van der Waals surface area contributed by atoms with E-state index >= 15 is 0 Å². The van der Waals surface area contributed by atoms with Crippen LogP contribution in [0.25, 0.3) is 15.9 Å². The Morgan fingerprint density at radius 3 is 2.44 bits per heavy atom. The summed E-state index contributed by atoms with van der Waals surface area (Å²) in [4.78, 5) is 46.4. The number of nitrogens with zero attached hydrogens (tertiary/aromatic N) is 2. The number of benzene rings is 1. The number of rotatable bonds is 6. The predicted molar refractivity (Wildman–Crippen MR) is 149 cm³/mol. The maximum Gasteiger partial charge on any atom is 0.341 e. The average molecular weight is 542 g/mol. The number of aromatic nitrogens is 2. The molecule has 1 N–H and O–H groups in total. The van der Waals surface area contributed by atoms with Gasteiger partial charge in [-0.1, -0.05) is 23.9 Å². The first-order valence-electron chi connectivity index (χ1n) is 11.2. The SMILES string of the molecule is COC(=O)c1c(NC(=O)CSc2nc3sc(C)c(C)c3c(=O)n2-c2cc(C)ccc2C)sc(C)c1C. The van der Waals surface area contributed by atoms with Crippen molar-refractivity contribution in [3.8, 4) is 5.69 Å². The van der Waals surface area contributed by atoms with Gasteiger partial charge >= 0.3 is 5.97 Å². The molecule has 1 amide bonds. The number of hydrogen-bond acceptors (Lipinski definition) is 8. The minimum Gasteiger partial charge on any atom is -0.465 e. The van der Waals surface area contributed by atoms with Crippen molar-refractivity contribution < 1.29 is 14.3 Å². The van der Waals surface area contributed by atoms with Gasteiger partial charge in [0.2, 0.25) is 5.91 Å². The molecule has 0 atom stereocenters. The van der Waals surface area contributed by atoms with E-state index in [1.807, 2.05) is 59.7 Å². The Morgan fingerprint density at radius 2 is 1.75 bits per heavy atom. The van der Waals surface area contributed by atoms with Crippen LogP contribution < -0.4 is 10.9 Å². The van der Waals surface area contributed by atoms with Gasteiger partial charge in [0, 0.05) is 9.75 Å². The second-order valence-electron chi connectivity index (χ2n) is 8.60. The minimum absolute atomic E-state index is 0.0166. The van der Waals surface area contributed by atoms with E-state index in [0.29, 0.717) is 25.9 Å². The van der Waals surface area contributed by atoms with Crippen molar-refractivity contribution in [1.29, 1.82) is 0 Å². The molecule has 0 bridgehead atoms. The second kappa shape index (κ2) is 10.2. The van der Waals surface area contributed by atoms with Crippen molar-refractivity contribution in [2.75, 3.05) is 18.2 Å². The maximum atomic E-state index is 13.7. The van der Waals surface area contributed by atoms with Crippen molar-refractivity contribution in [2.45, 2.75) is 46.7 Å². The molecular formula is C26H27N3O4S3. The molecule has 1 aromatic carbocycles. The average Bonchev–Trinajstić information content (AvgIpc) is 3.27. The van der Waals surface area contributed by atoms with Gasteiger partial charge in [-0.3, -0.25) is 14.2 Å². The summed E-state index contributed by atoms with van der Waals surface area (Å²) < 4.78 is 6.51. The van der Waals surface area contributed by atoms with E-state index in [9.17, 15) is 14.4 Å². The molecule has 3 heterocycles. The number of carbonyl (C=O) groups is 2. The number of ether oxygens (including phenoxy) is 1. The molecule has 10 heteroatoms. The zero-order chi connectivity index (χ0) is 26.3. The number of anilines is 1. The monoisotopic (exact) mass is 541 g/mol. The Kier molecular flexibility index (Phi) is 7.40. The minimum atomic E-state index is -0.487. The molecule has 0 aliphatic rings. The Bertz CT molecular complexity index is 1580. The van der Waals surface area contributed by atoms with Gasteiger partial charge in [-0.2, -0.15) is 0 Å². The fraction of sp³-hybridized carbons (Fsp3) is 0.308. The Hall–Kier alpha value is -2.95. The van der Waals surface area contributed by atoms with Crippen LogP contribution in [0.3, 0.4) is 0 Å². The quantitative estimate of drug-likeness (QED) is 0.186. The summed E-state index contributed by atoms with van der Waals surface area (Å²) in [5.41, 5.74) is 4.65. The number of nitrogens with one attached hydrogen (secondary N) is 1. The number of carbonyl (C=O) groups excluding carboxylic acids is 2. The molecule has 0 aliphatic heterocycles. The van der Waals surface area contributed by atoms with Crippen molar-refractivity contribution >= 4 is 61.5 Å². The van der Waals surface area contributed by atoms with Gasteiger partial charge < -0.3 is 10.1 Å². The van der Waals surface area contributed by atoms with Gasteiger partial charge in [0.1, 0.15) is 9.83 Å². The number of esters is 1. The van der Waals surface area contributed by atoms with Crippen molar-refractivity contribution in [3.63, 3.8) is 0 Å². The molecule has 0 saturated carbocycles. The molecule has 0 spiro atoms. The highest BCUT2D eigenvalue weighted by atomic mass is 32.2. The number of thioether (sulfide) groups is 1. The second-order valence-corrected chi connectivity index (χ2v) is 12.0. The molecule has 36 heavy (non-hydrogen) atoms. The molecule has 4 aromatic rings. The zero-order valence-corrected chi connectivity index (χ0v) is 23.6. The summed E-state index contributed by atoms with van der Waals surface area (Å²) in [6, 6.07) is 5.94. The lowest BCUT2D eigenvalue weighted by atomic mass is 10.1. The predicted octanol–water partition coefficient (Wildman–Crippen LogP) is 5.88. The third kappa shape index (κ3) is 4.72. The standard InChI is InChI=1S/C26H27N3O4S3/c1-12-8-9-13(2)18(10-12)29-24(31)20-14(3)16(5)35-22(20)28-26(29)34-11-19(30)27-23-21(25(32)33-7)15(4)17(6)36-23/h8-10H,11H2,1-7H3,(H,27,30). The molecule has 0 unspecified atom stereocenters. The third-order valence-corrected chi connectivity index (χ3v) is 9.30. The number of amides is 1. The molecule has 7 nitrogen and oxygen atoms in total. The van der Waals surface area contributed by atoms with Gasteiger partial charge in [-0.05, 0) is 69.9 Å². The summed E-state index contributed by atoms with van der Waals surface area (Å²) in [6.45, 7) is 11.6. The first-order chi connectivity index (χ1) is 17.0. The van der Waals surface area contributed by atoms with E-state index in [1.54, 1.807) is 4.57 Å². The van der Waals surface area contributed by atoms with Crippen LogP contribution >= 0.6 is 34.4 Å². The lowest BCUT2D eigenvalue weighted by Crippen LogP contribution is -2.23. The normalized spacial score (nSPS) is 11.2. The summed E-state index contributed by atoms with van der Waals surface area (Å²) in [7, 11) is 1.32. The van der Waals surface area contributed by atoms with E-state index in [-0.39, 0.29) is 17.2 Å². The lowest BCUT2D eigenvalue weighted by Gasteiger charge is -2.15. The molecule has 0 aliphatic carbocycles. The van der Waals surface area contributed by atoms with E-state index in [4.69, 9.17) is 9.72 Å². The van der Waals surface area contributed by atoms with Crippen molar-refractivity contribution in [3.05, 3.63) is 66.1 Å². The van der Waals surface area contributed by atoms with Crippen molar-refractivity contribution in [2.24, 2.45) is 0 Å². The molecule has 0 saturated heterocycles. The van der Waals surface area contributed by atoms with E-state index in [0.717, 1.165) is 37.7 Å². The van der Waals surface area contributed by atoms with Crippen LogP contribution in [-0.2, 0) is 9.53 Å². The lowest BCUT2D eigenvalue weighted by molar-refractivity contribution is -0.113. The van der Waals surface area contributed by atoms with Crippen LogP contribution in [0.2, 0.25) is 0 Å². The van der Waals surface area contributed by atoms with Crippen LogP contribution in [-0.4, -0.2) is 34.3 Å². The summed E-state index contributed by atoms with van der Waals surface area (Å²) in [5, 5.41) is 4.37. The Labute approximate surface area is 221 Å². The van der Waals surface area contributed by atoms with Crippen LogP contribution in [0.5, 0.6) is 0 Å². The van der Waals surface area contributed by atoms with Crippen molar-refractivity contribution in [1.82, 2.24) is 9.55 Å². The number of hydrogen-bond donors (Lipinski definition) is 1. The van der Waals surface area contributed by atoms with Crippen LogP contribution in [0, 0.1) is 41.5 Å². The molecule has 188 valence electrons. The van der Waals surface area contributed by atoms with Gasteiger partial charge in [0.25, 0.3) is 5.56 Å². The zero-order valence-electron chi connectivity index (χ0n) is 21.2. The van der Waals surface area contributed by atoms with Gasteiger partial charge in [-0.15, -0.1) is 22.7 Å². The number of methoxy groups -OCH3 is 1. The van der Waals surface area contributed by atoms with Gasteiger partial charge in [0.05, 0.1) is 29.5 Å². The third-order valence-electron chi connectivity index (χ3n) is 6.14. The molecule has 0 radical (unpaired) electrons. The van der Waals surface area contributed by atoms with Crippen LogP contribution in [0.4, 0.5) is 5.00 Å². The number of thiophene rings is 2. The fourth-order valence-corrected chi connectivity index (χ4v) is 6.84. The first-order valence-corrected chi connectivity index (χ1v) is 13.9. The highest BCUT2D eigenvalue weighted by molar-refractivity contribution is 7.99. The topological polar surface area (TPSA) is 90.3 Å². The van der Waals surface area contributed by atoms with Gasteiger partial charge in [0.15, 0.2) is 5.16 Å². The highest BCUT2D eigenvalue weighted by Crippen LogP contribution is 2.34. The molecule has 0 fully saturated rings. The summed E-state index contributed by atoms with van der Waals surface area (Å²) in [5.74, 6) is -0.770. The van der Waals surface area contributed by atoms with Gasteiger partial charge in [-0.25, -0.2) is 9.78 Å². The Morgan fingerprint density at radius 1 is 1.06 bits per heavy atom. The van der Waals surface area contributed by atoms with Crippen LogP contribution in [0.1, 0.15) is 42.4 Å². The summed E-state index contributed by atoms with van der Waals surface area (Å²) in [6.07, 6.45) is 0. The molecule has 4 rings (SSSR count). The maximum absolute atomic E-state index is 13.7. The molecule has 3 aromatic heterocycles. The smallest absolute Gasteiger partial charge is 0.341 e. The summed E-state index contributed by atoms with van der Waals surface area (Å²) >= 11 is 4.01. The Balaban J connectivity index is 1.72. The number of aryl methyl sites for hydroxylation is 5. The number of fused-ring (bicyclic) bond motifs is 1. The van der Waals surface area contributed by atoms with E-state index < -0.39 is 5.97 Å². The molecular weight excluding hydrogens is 515 g/mol. The van der Waals surface area contributed by atoms with Crippen LogP contribution in [0.15, 0.2) is 28.2 Å². The van der Waals surface area contributed by atoms with E-state index in [1.165, 1.54) is 41.5 Å². The highest BCUT2D eigenvalue weighted by Gasteiger charge is 2.23. The first kappa shape index (κ1) is 26.1. The largest absolute Gasteiger partial charge is 0.465 e. The van der Waals surface area contributed by atoms with E-state index in [2.05, 4.69) is 5.32 Å².